The molecule has 0 radical (unpaired) electrons. The van der Waals surface area contributed by atoms with Crippen LogP contribution in [-0.4, -0.2) is 46.3 Å². The van der Waals surface area contributed by atoms with Gasteiger partial charge in [-0.1, -0.05) is 41.9 Å². The van der Waals surface area contributed by atoms with Crippen molar-refractivity contribution in [1.29, 1.82) is 0 Å². The highest BCUT2D eigenvalue weighted by molar-refractivity contribution is 6.33. The molecule has 1 aromatic heterocycles. The SMILES string of the molecule is COC(=O)CN(C(=O)c1c(C)nn(Cc2ccccc2)c1Cl)C(C)C. The van der Waals surface area contributed by atoms with Gasteiger partial charge in [-0.25, -0.2) is 4.68 Å². The monoisotopic (exact) mass is 363 g/mol. The minimum Gasteiger partial charge on any atom is -0.468 e. The first-order chi connectivity index (χ1) is 11.8. The Morgan fingerprint density at radius 2 is 1.92 bits per heavy atom. The molecule has 1 aromatic carbocycles. The van der Waals surface area contributed by atoms with Gasteiger partial charge in [0.2, 0.25) is 0 Å². The van der Waals surface area contributed by atoms with Crippen molar-refractivity contribution in [3.05, 3.63) is 52.3 Å². The topological polar surface area (TPSA) is 64.4 Å². The third-order valence-electron chi connectivity index (χ3n) is 3.87. The molecule has 25 heavy (non-hydrogen) atoms. The largest absolute Gasteiger partial charge is 0.468 e. The Balaban J connectivity index is 2.31. The fourth-order valence-corrected chi connectivity index (χ4v) is 2.81. The lowest BCUT2D eigenvalue weighted by atomic mass is 10.2. The predicted octanol–water partition coefficient (Wildman–Crippen LogP) is 2.92. The Morgan fingerprint density at radius 1 is 1.28 bits per heavy atom. The molecule has 0 bridgehead atoms. The van der Waals surface area contributed by atoms with Crippen LogP contribution in [0.1, 0.15) is 35.5 Å². The highest BCUT2D eigenvalue weighted by atomic mass is 35.5. The van der Waals surface area contributed by atoms with E-state index in [1.807, 2.05) is 44.2 Å². The normalized spacial score (nSPS) is 10.8. The van der Waals surface area contributed by atoms with Crippen LogP contribution >= 0.6 is 11.6 Å². The first kappa shape index (κ1) is 19.0. The highest BCUT2D eigenvalue weighted by Gasteiger charge is 2.28. The molecule has 0 spiro atoms. The van der Waals surface area contributed by atoms with Crippen LogP contribution in [0.25, 0.3) is 0 Å². The van der Waals surface area contributed by atoms with Gasteiger partial charge < -0.3 is 9.64 Å². The van der Waals surface area contributed by atoms with Gasteiger partial charge in [0.05, 0.1) is 24.9 Å². The second-order valence-electron chi connectivity index (χ2n) is 6.00. The Morgan fingerprint density at radius 3 is 2.48 bits per heavy atom. The van der Waals surface area contributed by atoms with Crippen LogP contribution in [0.2, 0.25) is 5.15 Å². The lowest BCUT2D eigenvalue weighted by Gasteiger charge is -2.25. The fraction of sp³-hybridized carbons (Fsp3) is 0.389. The minimum atomic E-state index is -0.479. The number of aryl methyl sites for hydroxylation is 1. The van der Waals surface area contributed by atoms with Gasteiger partial charge in [0.25, 0.3) is 5.91 Å². The van der Waals surface area contributed by atoms with Crippen molar-refractivity contribution in [2.24, 2.45) is 0 Å². The molecule has 2 rings (SSSR count). The summed E-state index contributed by atoms with van der Waals surface area (Å²) in [5.74, 6) is -0.810. The van der Waals surface area contributed by atoms with E-state index >= 15 is 0 Å². The number of nitrogens with zero attached hydrogens (tertiary/aromatic N) is 3. The van der Waals surface area contributed by atoms with E-state index < -0.39 is 5.97 Å². The maximum absolute atomic E-state index is 12.9. The van der Waals surface area contributed by atoms with Crippen molar-refractivity contribution in [3.8, 4) is 0 Å². The molecular formula is C18H22ClN3O3. The van der Waals surface area contributed by atoms with Gasteiger partial charge >= 0.3 is 5.97 Å². The number of carbonyl (C=O) groups is 2. The Bertz CT molecular complexity index is 756. The Kier molecular flexibility index (Phi) is 6.20. The number of rotatable bonds is 6. The average Bonchev–Trinajstić information content (AvgIpc) is 2.86. The molecule has 1 heterocycles. The Hall–Kier alpha value is -2.34. The van der Waals surface area contributed by atoms with Gasteiger partial charge in [0.15, 0.2) is 0 Å². The lowest BCUT2D eigenvalue weighted by Crippen LogP contribution is -2.41. The number of benzene rings is 1. The molecule has 7 heteroatoms. The van der Waals surface area contributed by atoms with Gasteiger partial charge in [-0.3, -0.25) is 9.59 Å². The first-order valence-corrected chi connectivity index (χ1v) is 8.37. The third kappa shape index (κ3) is 4.39. The number of aromatic nitrogens is 2. The van der Waals surface area contributed by atoms with Crippen molar-refractivity contribution in [1.82, 2.24) is 14.7 Å². The number of carbonyl (C=O) groups excluding carboxylic acids is 2. The third-order valence-corrected chi connectivity index (χ3v) is 4.25. The number of halogens is 1. The van der Waals surface area contributed by atoms with Crippen molar-refractivity contribution >= 4 is 23.5 Å². The van der Waals surface area contributed by atoms with Crippen LogP contribution in [0.3, 0.4) is 0 Å². The molecule has 2 aromatic rings. The number of esters is 1. The quantitative estimate of drug-likeness (QED) is 0.740. The zero-order valence-electron chi connectivity index (χ0n) is 14.8. The molecule has 134 valence electrons. The van der Waals surface area contributed by atoms with Gasteiger partial charge in [0, 0.05) is 6.04 Å². The van der Waals surface area contributed by atoms with Crippen LogP contribution in [-0.2, 0) is 16.1 Å². The zero-order chi connectivity index (χ0) is 18.6. The van der Waals surface area contributed by atoms with Crippen LogP contribution in [0.5, 0.6) is 0 Å². The van der Waals surface area contributed by atoms with Gasteiger partial charge in [-0.2, -0.15) is 5.10 Å². The summed E-state index contributed by atoms with van der Waals surface area (Å²) in [6.07, 6.45) is 0. The lowest BCUT2D eigenvalue weighted by molar-refractivity contribution is -0.141. The molecule has 0 aliphatic carbocycles. The van der Waals surface area contributed by atoms with Gasteiger partial charge in [0.1, 0.15) is 11.7 Å². The molecule has 0 aliphatic rings. The van der Waals surface area contributed by atoms with E-state index in [2.05, 4.69) is 9.84 Å². The number of methoxy groups -OCH3 is 1. The number of hydrogen-bond donors (Lipinski definition) is 0. The summed E-state index contributed by atoms with van der Waals surface area (Å²) in [5, 5.41) is 4.65. The number of hydrogen-bond acceptors (Lipinski definition) is 4. The smallest absolute Gasteiger partial charge is 0.325 e. The summed E-state index contributed by atoms with van der Waals surface area (Å²) in [6, 6.07) is 9.55. The van der Waals surface area contributed by atoms with Crippen LogP contribution in [0.4, 0.5) is 0 Å². The molecule has 0 saturated heterocycles. The number of amides is 1. The molecule has 6 nitrogen and oxygen atoms in total. The summed E-state index contributed by atoms with van der Waals surface area (Å²) in [6.45, 7) is 5.73. The molecule has 1 amide bonds. The van der Waals surface area contributed by atoms with Gasteiger partial charge in [-0.05, 0) is 26.3 Å². The molecule has 0 saturated carbocycles. The van der Waals surface area contributed by atoms with E-state index in [1.54, 1.807) is 11.6 Å². The molecule has 0 fully saturated rings. The van der Waals surface area contributed by atoms with E-state index in [9.17, 15) is 9.59 Å². The van der Waals surface area contributed by atoms with Crippen LogP contribution in [0, 0.1) is 6.92 Å². The standard InChI is InChI=1S/C18H22ClN3O3/c1-12(2)21(11-15(23)25-4)18(24)16-13(3)20-22(17(16)19)10-14-8-6-5-7-9-14/h5-9,12H,10-11H2,1-4H3. The van der Waals surface area contributed by atoms with Crippen LogP contribution < -0.4 is 0 Å². The fourth-order valence-electron chi connectivity index (χ4n) is 2.49. The summed E-state index contributed by atoms with van der Waals surface area (Å²) in [5.41, 5.74) is 1.87. The second kappa shape index (κ2) is 8.16. The second-order valence-corrected chi connectivity index (χ2v) is 6.36. The summed E-state index contributed by atoms with van der Waals surface area (Å²) in [7, 11) is 1.29. The van der Waals surface area contributed by atoms with Crippen molar-refractivity contribution in [3.63, 3.8) is 0 Å². The van der Waals surface area contributed by atoms with E-state index in [0.717, 1.165) is 5.56 Å². The predicted molar refractivity (Wildman–Crippen MR) is 95.7 cm³/mol. The summed E-state index contributed by atoms with van der Waals surface area (Å²) < 4.78 is 6.27. The van der Waals surface area contributed by atoms with Crippen LogP contribution in [0.15, 0.2) is 30.3 Å². The molecular weight excluding hydrogens is 342 g/mol. The van der Waals surface area contributed by atoms with E-state index in [4.69, 9.17) is 11.6 Å². The minimum absolute atomic E-state index is 0.132. The van der Waals surface area contributed by atoms with Crippen molar-refractivity contribution < 1.29 is 14.3 Å². The average molecular weight is 364 g/mol. The Labute approximate surface area is 152 Å². The summed E-state index contributed by atoms with van der Waals surface area (Å²) in [4.78, 5) is 26.0. The maximum Gasteiger partial charge on any atom is 0.325 e. The summed E-state index contributed by atoms with van der Waals surface area (Å²) >= 11 is 6.43. The van der Waals surface area contributed by atoms with E-state index in [-0.39, 0.29) is 23.6 Å². The maximum atomic E-state index is 12.9. The van der Waals surface area contributed by atoms with E-state index in [1.165, 1.54) is 12.0 Å². The first-order valence-electron chi connectivity index (χ1n) is 7.99. The van der Waals surface area contributed by atoms with Crippen molar-refractivity contribution in [2.75, 3.05) is 13.7 Å². The molecule has 0 N–H and O–H groups in total. The van der Waals surface area contributed by atoms with E-state index in [0.29, 0.717) is 17.8 Å². The molecule has 0 aliphatic heterocycles. The molecule has 0 unspecified atom stereocenters. The zero-order valence-corrected chi connectivity index (χ0v) is 15.6. The number of ether oxygens (including phenoxy) is 1. The highest BCUT2D eigenvalue weighted by Crippen LogP contribution is 2.23. The van der Waals surface area contributed by atoms with Gasteiger partial charge in [-0.15, -0.1) is 0 Å². The molecule has 0 atom stereocenters. The van der Waals surface area contributed by atoms with Crippen molar-refractivity contribution in [2.45, 2.75) is 33.4 Å².